The molecule has 0 aromatic carbocycles. The molecule has 0 aliphatic rings. The van der Waals surface area contributed by atoms with Crippen molar-refractivity contribution in [1.29, 1.82) is 0 Å². The van der Waals surface area contributed by atoms with Crippen LogP contribution in [0.3, 0.4) is 0 Å². The quantitative estimate of drug-likeness (QED) is 0.687. The molecule has 3 heteroatoms. The first-order valence-electron chi connectivity index (χ1n) is 2.20. The molecule has 1 heterocycles. The Kier molecular flexibility index (Phi) is 2.26. The van der Waals surface area contributed by atoms with Gasteiger partial charge in [-0.1, -0.05) is 0 Å². The summed E-state index contributed by atoms with van der Waals surface area (Å²) in [6.45, 7) is 0. The first-order chi connectivity index (χ1) is 3.43. The third kappa shape index (κ3) is 1.50. The van der Waals surface area contributed by atoms with E-state index >= 15 is 0 Å². The topological polar surface area (TPSA) is 17.8 Å². The maximum absolute atomic E-state index is 3.91. The van der Waals surface area contributed by atoms with Gasteiger partial charge in [-0.25, -0.2) is 0 Å². The van der Waals surface area contributed by atoms with Crippen LogP contribution in [0.1, 0.15) is 0 Å². The van der Waals surface area contributed by atoms with Crippen LogP contribution in [0.5, 0.6) is 0 Å². The molecular formula is C4H6N2Pr. The second kappa shape index (κ2) is 2.78. The van der Waals surface area contributed by atoms with Gasteiger partial charge in [-0.2, -0.15) is 0 Å². The molecular weight excluding hydrogens is 217 g/mol. The summed E-state index contributed by atoms with van der Waals surface area (Å²) in [6.07, 6.45) is 5.77. The predicted molar refractivity (Wildman–Crippen MR) is 23.5 cm³/mol. The van der Waals surface area contributed by atoms with Gasteiger partial charge in [0.05, 0.1) is 0 Å². The van der Waals surface area contributed by atoms with Crippen molar-refractivity contribution in [1.82, 2.24) is 5.57 Å². The summed E-state index contributed by atoms with van der Waals surface area (Å²) < 4.78 is 4.52. The van der Waals surface area contributed by atoms with Gasteiger partial charge in [0.1, 0.15) is 0 Å². The van der Waals surface area contributed by atoms with Gasteiger partial charge in [-0.3, -0.25) is 0 Å². The van der Waals surface area contributed by atoms with E-state index in [1.165, 1.54) is 0 Å². The number of aromatic nitrogens is 2. The second-order valence-corrected chi connectivity index (χ2v) is 4.84. The van der Waals surface area contributed by atoms with Crippen molar-refractivity contribution in [3.63, 3.8) is 0 Å². The van der Waals surface area contributed by atoms with Gasteiger partial charge in [0.25, 0.3) is 0 Å². The number of nitrogens with zero attached hydrogens (tertiary/aromatic N) is 2. The molecule has 0 atom stereocenters. The standard InChI is InChI=1S/C3H3N2.CH3.Pr/c1-2-5-3-4-1;;/h1-3H;1H3;/q-1;;+1. The summed E-state index contributed by atoms with van der Waals surface area (Å²) in [5, 5.41) is 0. The van der Waals surface area contributed by atoms with Crippen molar-refractivity contribution in [2.45, 2.75) is 2.51 Å². The van der Waals surface area contributed by atoms with E-state index in [2.05, 4.69) is 8.08 Å². The van der Waals surface area contributed by atoms with Crippen LogP contribution in [0, 0.1) is 37.5 Å². The number of hydrogen-bond acceptors (Lipinski definition) is 1. The molecule has 0 fully saturated rings. The summed E-state index contributed by atoms with van der Waals surface area (Å²) in [6, 6.07) is 0. The van der Waals surface area contributed by atoms with Gasteiger partial charge >= 0.3 is 64.3 Å². The normalized spacial score (nSPS) is 8.14. The van der Waals surface area contributed by atoms with Crippen LogP contribution in [0.15, 0.2) is 18.7 Å². The fourth-order valence-corrected chi connectivity index (χ4v) is 1.90. The zero-order valence-electron chi connectivity index (χ0n) is 4.20. The Bertz CT molecular complexity index is 124. The van der Waals surface area contributed by atoms with Crippen LogP contribution in [-0.2, 0) is 0 Å². The van der Waals surface area contributed by atoms with Crippen molar-refractivity contribution in [3.05, 3.63) is 18.7 Å². The van der Waals surface area contributed by atoms with E-state index in [-0.39, 0.29) is 0 Å². The van der Waals surface area contributed by atoms with E-state index in [0.717, 1.165) is 0 Å². The average molecular weight is 223 g/mol. The van der Waals surface area contributed by atoms with Crippen LogP contribution in [0.2, 0.25) is 2.51 Å². The van der Waals surface area contributed by atoms with Crippen LogP contribution < -0.4 is 0 Å². The first kappa shape index (κ1) is 5.71. The second-order valence-electron chi connectivity index (χ2n) is 1.27. The number of imidazole rings is 1. The minimum atomic E-state index is -0.525. The van der Waals surface area contributed by atoms with Gasteiger partial charge in [-0.15, -0.1) is 0 Å². The summed E-state index contributed by atoms with van der Waals surface area (Å²) in [7, 11) is 0. The van der Waals surface area contributed by atoms with Crippen molar-refractivity contribution in [3.8, 4) is 0 Å². The molecule has 1 rings (SSSR count). The number of hydrogen-bond donors (Lipinski definition) is 0. The molecule has 35 valence electrons. The Hall–Kier alpha value is 0.574. The van der Waals surface area contributed by atoms with E-state index in [0.29, 0.717) is 0 Å². The molecule has 0 N–H and O–H groups in total. The van der Waals surface area contributed by atoms with E-state index in [1.54, 1.807) is 0 Å². The Morgan fingerprint density at radius 1 is 1.71 bits per heavy atom. The first-order valence-corrected chi connectivity index (χ1v) is 7.56. The number of rotatable bonds is 1. The van der Waals surface area contributed by atoms with Crippen molar-refractivity contribution < 1.29 is 37.5 Å². The Morgan fingerprint density at radius 2 is 2.57 bits per heavy atom. The summed E-state index contributed by atoms with van der Waals surface area (Å²) in [4.78, 5) is 3.91. The van der Waals surface area contributed by atoms with Crippen LogP contribution in [-0.4, -0.2) is 5.57 Å². The molecule has 0 aliphatic heterocycles. The van der Waals surface area contributed by atoms with E-state index in [4.69, 9.17) is 0 Å². The SMILES string of the molecule is [CH3][Pr][n]1ccnc1. The summed E-state index contributed by atoms with van der Waals surface area (Å²) in [5.74, 6) is 0. The Balaban J connectivity index is 2.76. The van der Waals surface area contributed by atoms with Crippen LogP contribution >= 0.6 is 0 Å². The third-order valence-corrected chi connectivity index (χ3v) is 3.72. The zero-order chi connectivity index (χ0) is 5.11. The Morgan fingerprint density at radius 3 is 2.86 bits per heavy atom. The molecule has 0 radical (unpaired) electrons. The summed E-state index contributed by atoms with van der Waals surface area (Å²) >= 11 is -0.525. The molecule has 0 spiro atoms. The van der Waals surface area contributed by atoms with Crippen molar-refractivity contribution >= 4 is 0 Å². The average Bonchev–Trinajstić information content (AvgIpc) is 2.14. The molecule has 1 aromatic rings. The van der Waals surface area contributed by atoms with Crippen LogP contribution in [0.4, 0.5) is 0 Å². The van der Waals surface area contributed by atoms with Gasteiger partial charge in [0.15, 0.2) is 0 Å². The minimum absolute atomic E-state index is 0.525. The molecule has 0 unspecified atom stereocenters. The maximum atomic E-state index is 3.91. The zero-order valence-corrected chi connectivity index (χ0v) is 7.91. The van der Waals surface area contributed by atoms with Crippen molar-refractivity contribution in [2.24, 2.45) is 0 Å². The van der Waals surface area contributed by atoms with Crippen LogP contribution in [0.25, 0.3) is 0 Å². The molecule has 0 amide bonds. The van der Waals surface area contributed by atoms with Gasteiger partial charge in [-0.05, 0) is 0 Å². The molecule has 1 aromatic heterocycles. The molecule has 0 saturated heterocycles. The Labute approximate surface area is 63.6 Å². The van der Waals surface area contributed by atoms with Crippen molar-refractivity contribution in [2.75, 3.05) is 0 Å². The molecule has 2 nitrogen and oxygen atoms in total. The third-order valence-electron chi connectivity index (χ3n) is 0.823. The molecule has 0 bridgehead atoms. The fourth-order valence-electron chi connectivity index (χ4n) is 0.422. The van der Waals surface area contributed by atoms with E-state index in [9.17, 15) is 0 Å². The van der Waals surface area contributed by atoms with Gasteiger partial charge in [0, 0.05) is 0 Å². The molecule has 7 heavy (non-hydrogen) atoms. The van der Waals surface area contributed by atoms with E-state index < -0.39 is 37.5 Å². The molecule has 0 saturated carbocycles. The van der Waals surface area contributed by atoms with E-state index in [1.807, 2.05) is 18.7 Å². The molecule has 0 aliphatic carbocycles. The van der Waals surface area contributed by atoms with Gasteiger partial charge in [0.2, 0.25) is 0 Å². The summed E-state index contributed by atoms with van der Waals surface area (Å²) in [5.41, 5.74) is 0. The van der Waals surface area contributed by atoms with Gasteiger partial charge < -0.3 is 0 Å². The fraction of sp³-hybridized carbons (Fsp3) is 0.250. The predicted octanol–water partition coefficient (Wildman–Crippen LogP) is 0.779. The monoisotopic (exact) mass is 223 g/mol.